The van der Waals surface area contributed by atoms with Crippen LogP contribution in [0.1, 0.15) is 25.3 Å². The molecule has 0 saturated heterocycles. The zero-order valence-electron chi connectivity index (χ0n) is 10.7. The van der Waals surface area contributed by atoms with Crippen LogP contribution in [0.4, 0.5) is 0 Å². The Hall–Kier alpha value is -0.250. The van der Waals surface area contributed by atoms with Gasteiger partial charge < -0.3 is 9.47 Å². The minimum atomic E-state index is 0.0983. The minimum Gasteiger partial charge on any atom is -0.486 e. The first-order valence-corrected chi connectivity index (χ1v) is 7.59. The molecule has 1 saturated carbocycles. The molecule has 0 radical (unpaired) electrons. The van der Waals surface area contributed by atoms with Crippen molar-refractivity contribution in [3.8, 4) is 5.75 Å². The van der Waals surface area contributed by atoms with Crippen molar-refractivity contribution in [3.63, 3.8) is 0 Å². The van der Waals surface area contributed by atoms with Gasteiger partial charge in [-0.05, 0) is 31.0 Å². The fraction of sp³-hybridized carbons (Fsp3) is 0.571. The molecule has 1 aromatic carbocycles. The van der Waals surface area contributed by atoms with E-state index in [0.717, 1.165) is 30.8 Å². The number of benzene rings is 1. The van der Waals surface area contributed by atoms with E-state index >= 15 is 0 Å². The monoisotopic (exact) mass is 332 g/mol. The Labute approximate surface area is 122 Å². The Kier molecular flexibility index (Phi) is 4.93. The van der Waals surface area contributed by atoms with Crippen LogP contribution in [-0.4, -0.2) is 23.6 Å². The summed E-state index contributed by atoms with van der Waals surface area (Å²) in [6, 6.07) is 5.85. The molecule has 3 unspecified atom stereocenters. The van der Waals surface area contributed by atoms with E-state index in [-0.39, 0.29) is 12.2 Å². The quantitative estimate of drug-likeness (QED) is 0.745. The van der Waals surface area contributed by atoms with Crippen molar-refractivity contribution in [1.29, 1.82) is 0 Å². The Morgan fingerprint density at radius 1 is 1.44 bits per heavy atom. The summed E-state index contributed by atoms with van der Waals surface area (Å²) < 4.78 is 11.7. The molecule has 2 nitrogen and oxygen atoms in total. The second-order valence-electron chi connectivity index (χ2n) is 4.68. The average molecular weight is 334 g/mol. The SMILES string of the molecule is CCCOC1C(Br)CC1Oc1ccc(C)cc1Cl. The van der Waals surface area contributed by atoms with Crippen LogP contribution in [-0.2, 0) is 4.74 Å². The lowest BCUT2D eigenvalue weighted by Gasteiger charge is -2.41. The molecule has 1 aliphatic carbocycles. The highest BCUT2D eigenvalue weighted by molar-refractivity contribution is 9.09. The smallest absolute Gasteiger partial charge is 0.138 e. The second kappa shape index (κ2) is 6.27. The van der Waals surface area contributed by atoms with Crippen molar-refractivity contribution in [1.82, 2.24) is 0 Å². The molecular formula is C14H18BrClO2. The van der Waals surface area contributed by atoms with Crippen molar-refractivity contribution in [2.24, 2.45) is 0 Å². The summed E-state index contributed by atoms with van der Waals surface area (Å²) in [6.07, 6.45) is 2.20. The van der Waals surface area contributed by atoms with Gasteiger partial charge >= 0.3 is 0 Å². The first-order chi connectivity index (χ1) is 8.61. The highest BCUT2D eigenvalue weighted by Crippen LogP contribution is 2.36. The molecule has 1 aromatic rings. The van der Waals surface area contributed by atoms with Gasteiger partial charge in [0.2, 0.25) is 0 Å². The van der Waals surface area contributed by atoms with Gasteiger partial charge in [-0.1, -0.05) is 40.5 Å². The first-order valence-electron chi connectivity index (χ1n) is 6.30. The van der Waals surface area contributed by atoms with Crippen molar-refractivity contribution < 1.29 is 9.47 Å². The Bertz CT molecular complexity index is 411. The van der Waals surface area contributed by atoms with Gasteiger partial charge in [-0.2, -0.15) is 0 Å². The van der Waals surface area contributed by atoms with Crippen LogP contribution in [0, 0.1) is 6.92 Å². The van der Waals surface area contributed by atoms with E-state index < -0.39 is 0 Å². The van der Waals surface area contributed by atoms with E-state index in [2.05, 4.69) is 22.9 Å². The fourth-order valence-corrected chi connectivity index (χ4v) is 3.11. The molecule has 0 bridgehead atoms. The van der Waals surface area contributed by atoms with Gasteiger partial charge in [0.1, 0.15) is 18.0 Å². The second-order valence-corrected chi connectivity index (χ2v) is 6.26. The third kappa shape index (κ3) is 3.19. The summed E-state index contributed by atoms with van der Waals surface area (Å²) in [5.41, 5.74) is 1.14. The number of hydrogen-bond acceptors (Lipinski definition) is 2. The number of rotatable bonds is 5. The molecule has 0 heterocycles. The number of alkyl halides is 1. The molecule has 2 rings (SSSR count). The summed E-state index contributed by atoms with van der Waals surface area (Å²) in [5.74, 6) is 0.747. The van der Waals surface area contributed by atoms with Crippen molar-refractivity contribution in [3.05, 3.63) is 28.8 Å². The predicted octanol–water partition coefficient (Wildman–Crippen LogP) is 4.36. The number of halogens is 2. The predicted molar refractivity (Wildman–Crippen MR) is 78.0 cm³/mol. The molecule has 1 aliphatic rings. The van der Waals surface area contributed by atoms with Gasteiger partial charge in [-0.15, -0.1) is 0 Å². The maximum atomic E-state index is 6.17. The third-order valence-electron chi connectivity index (χ3n) is 3.06. The number of aryl methyl sites for hydroxylation is 1. The lowest BCUT2D eigenvalue weighted by molar-refractivity contribution is -0.0761. The molecule has 0 spiro atoms. The van der Waals surface area contributed by atoms with Crippen LogP contribution >= 0.6 is 27.5 Å². The summed E-state index contributed by atoms with van der Waals surface area (Å²) in [4.78, 5) is 0.387. The van der Waals surface area contributed by atoms with Crippen LogP contribution in [0.25, 0.3) is 0 Å². The van der Waals surface area contributed by atoms with Gasteiger partial charge in [0.15, 0.2) is 0 Å². The highest BCUT2D eigenvalue weighted by Gasteiger charge is 2.42. The Balaban J connectivity index is 1.96. The van der Waals surface area contributed by atoms with E-state index in [4.69, 9.17) is 21.1 Å². The lowest BCUT2D eigenvalue weighted by Crippen LogP contribution is -2.52. The van der Waals surface area contributed by atoms with Crippen LogP contribution in [0.5, 0.6) is 5.75 Å². The normalized spacial score (nSPS) is 26.8. The molecule has 0 aliphatic heterocycles. The van der Waals surface area contributed by atoms with Gasteiger partial charge in [0, 0.05) is 17.9 Å². The maximum Gasteiger partial charge on any atom is 0.138 e. The molecule has 0 aromatic heterocycles. The molecule has 0 N–H and O–H groups in total. The van der Waals surface area contributed by atoms with Gasteiger partial charge in [0.05, 0.1) is 5.02 Å². The van der Waals surface area contributed by atoms with E-state index in [0.29, 0.717) is 9.85 Å². The summed E-state index contributed by atoms with van der Waals surface area (Å²) in [6.45, 7) is 4.89. The molecular weight excluding hydrogens is 316 g/mol. The molecule has 4 heteroatoms. The lowest BCUT2D eigenvalue weighted by atomic mass is 9.91. The summed E-state index contributed by atoms with van der Waals surface area (Å²) >= 11 is 9.77. The Morgan fingerprint density at radius 3 is 2.83 bits per heavy atom. The van der Waals surface area contributed by atoms with E-state index in [1.54, 1.807) is 0 Å². The van der Waals surface area contributed by atoms with E-state index in [1.807, 2.05) is 25.1 Å². The van der Waals surface area contributed by atoms with Crippen molar-refractivity contribution >= 4 is 27.5 Å². The van der Waals surface area contributed by atoms with Gasteiger partial charge in [-0.25, -0.2) is 0 Å². The van der Waals surface area contributed by atoms with Crippen molar-refractivity contribution in [2.45, 2.75) is 43.7 Å². The van der Waals surface area contributed by atoms with Crippen LogP contribution in [0.15, 0.2) is 18.2 Å². The number of hydrogen-bond donors (Lipinski definition) is 0. The topological polar surface area (TPSA) is 18.5 Å². The minimum absolute atomic E-state index is 0.0983. The van der Waals surface area contributed by atoms with Crippen LogP contribution in [0.3, 0.4) is 0 Å². The van der Waals surface area contributed by atoms with E-state index in [9.17, 15) is 0 Å². The first kappa shape index (κ1) is 14.2. The maximum absolute atomic E-state index is 6.17. The summed E-state index contributed by atoms with van der Waals surface area (Å²) in [5, 5.41) is 0.669. The summed E-state index contributed by atoms with van der Waals surface area (Å²) in [7, 11) is 0. The standard InChI is InChI=1S/C14H18BrClO2/c1-3-6-17-14-10(15)8-13(14)18-12-5-4-9(2)7-11(12)16/h4-5,7,10,13-14H,3,6,8H2,1-2H3. The average Bonchev–Trinajstić information content (AvgIpc) is 2.32. The fourth-order valence-electron chi connectivity index (χ4n) is 1.97. The zero-order chi connectivity index (χ0) is 13.1. The highest BCUT2D eigenvalue weighted by atomic mass is 79.9. The molecule has 0 amide bonds. The van der Waals surface area contributed by atoms with Crippen LogP contribution < -0.4 is 4.74 Å². The zero-order valence-corrected chi connectivity index (χ0v) is 13.0. The number of ether oxygens (including phenoxy) is 2. The van der Waals surface area contributed by atoms with Gasteiger partial charge in [0.25, 0.3) is 0 Å². The molecule has 3 atom stereocenters. The third-order valence-corrected chi connectivity index (χ3v) is 4.25. The van der Waals surface area contributed by atoms with Crippen LogP contribution in [0.2, 0.25) is 5.02 Å². The molecule has 1 fully saturated rings. The Morgan fingerprint density at radius 2 is 2.22 bits per heavy atom. The van der Waals surface area contributed by atoms with Gasteiger partial charge in [-0.3, -0.25) is 0 Å². The van der Waals surface area contributed by atoms with Crippen molar-refractivity contribution in [2.75, 3.05) is 6.61 Å². The molecule has 100 valence electrons. The van der Waals surface area contributed by atoms with E-state index in [1.165, 1.54) is 0 Å². The largest absolute Gasteiger partial charge is 0.486 e. The molecule has 18 heavy (non-hydrogen) atoms.